The minimum Gasteiger partial charge on any atom is -0.394 e. The summed E-state index contributed by atoms with van der Waals surface area (Å²) in [6.07, 6.45) is -2.43. The molecule has 0 aromatic rings. The van der Waals surface area contributed by atoms with Crippen molar-refractivity contribution in [2.45, 2.75) is 24.3 Å². The molecule has 3 N–H and O–H groups in total. The normalized spacial score (nSPS) is 47.9. The standard InChI is InChI=1S/C5H11BO4/c6-5-4(9)3(8)2(1-7)10-5/h2-5,7-9H,1,6H2/t2-,3-,4-,5-/m1/s1. The van der Waals surface area contributed by atoms with E-state index in [0.717, 1.165) is 0 Å². The number of hydrogen-bond acceptors (Lipinski definition) is 4. The first-order chi connectivity index (χ1) is 4.66. The lowest BCUT2D eigenvalue weighted by molar-refractivity contribution is -0.00875. The average molecular weight is 146 g/mol. The first kappa shape index (κ1) is 8.01. The summed E-state index contributed by atoms with van der Waals surface area (Å²) in [5.41, 5.74) is 0. The van der Waals surface area contributed by atoms with Crippen LogP contribution in [0.5, 0.6) is 0 Å². The largest absolute Gasteiger partial charge is 0.394 e. The van der Waals surface area contributed by atoms with Gasteiger partial charge >= 0.3 is 0 Å². The van der Waals surface area contributed by atoms with E-state index in [1.807, 2.05) is 0 Å². The Morgan fingerprint density at radius 3 is 2.10 bits per heavy atom. The van der Waals surface area contributed by atoms with Crippen LogP contribution in [0.4, 0.5) is 0 Å². The number of ether oxygens (including phenoxy) is 1. The first-order valence-corrected chi connectivity index (χ1v) is 3.29. The average Bonchev–Trinajstić information content (AvgIpc) is 2.17. The highest BCUT2D eigenvalue weighted by atomic mass is 16.5. The smallest absolute Gasteiger partial charge is 0.142 e. The Hall–Kier alpha value is -0.0951. The third-order valence-corrected chi connectivity index (χ3v) is 1.78. The maximum atomic E-state index is 9.09. The fourth-order valence-corrected chi connectivity index (χ4v) is 1.09. The topological polar surface area (TPSA) is 69.9 Å². The van der Waals surface area contributed by atoms with Crippen molar-refractivity contribution >= 4 is 7.85 Å². The summed E-state index contributed by atoms with van der Waals surface area (Å²) < 4.78 is 4.98. The summed E-state index contributed by atoms with van der Waals surface area (Å²) in [5.74, 6) is 0. The van der Waals surface area contributed by atoms with E-state index in [4.69, 9.17) is 20.1 Å². The van der Waals surface area contributed by atoms with Crippen LogP contribution in [-0.2, 0) is 4.74 Å². The van der Waals surface area contributed by atoms with Crippen LogP contribution in [0.1, 0.15) is 0 Å². The molecule has 0 aromatic carbocycles. The lowest BCUT2D eigenvalue weighted by Crippen LogP contribution is -2.33. The van der Waals surface area contributed by atoms with Crippen molar-refractivity contribution in [1.82, 2.24) is 0 Å². The maximum absolute atomic E-state index is 9.09. The Morgan fingerprint density at radius 1 is 1.30 bits per heavy atom. The molecule has 1 aliphatic heterocycles. The van der Waals surface area contributed by atoms with Gasteiger partial charge in [-0.05, 0) is 0 Å². The van der Waals surface area contributed by atoms with Crippen molar-refractivity contribution in [2.24, 2.45) is 0 Å². The van der Waals surface area contributed by atoms with Crippen LogP contribution in [0, 0.1) is 0 Å². The Balaban J connectivity index is 2.53. The highest BCUT2D eigenvalue weighted by molar-refractivity contribution is 6.11. The number of hydrogen-bond donors (Lipinski definition) is 3. The number of aliphatic hydroxyl groups is 3. The maximum Gasteiger partial charge on any atom is 0.142 e. The molecule has 1 fully saturated rings. The van der Waals surface area contributed by atoms with E-state index < -0.39 is 18.3 Å². The molecule has 0 radical (unpaired) electrons. The molecule has 0 aromatic heterocycles. The molecule has 10 heavy (non-hydrogen) atoms. The fraction of sp³-hybridized carbons (Fsp3) is 1.00. The van der Waals surface area contributed by atoms with Gasteiger partial charge in [-0.3, -0.25) is 0 Å². The van der Waals surface area contributed by atoms with Crippen molar-refractivity contribution in [3.8, 4) is 0 Å². The summed E-state index contributed by atoms with van der Waals surface area (Å²) in [7, 11) is 1.66. The lowest BCUT2D eigenvalue weighted by Gasteiger charge is -2.10. The molecule has 58 valence electrons. The molecule has 5 heteroatoms. The van der Waals surface area contributed by atoms with Crippen molar-refractivity contribution < 1.29 is 20.1 Å². The summed E-state index contributed by atoms with van der Waals surface area (Å²) in [6, 6.07) is -0.382. The first-order valence-electron chi connectivity index (χ1n) is 3.29. The third-order valence-electron chi connectivity index (χ3n) is 1.78. The van der Waals surface area contributed by atoms with E-state index >= 15 is 0 Å². The van der Waals surface area contributed by atoms with E-state index in [2.05, 4.69) is 0 Å². The molecule has 1 aliphatic rings. The van der Waals surface area contributed by atoms with Gasteiger partial charge in [0.05, 0.1) is 12.6 Å². The van der Waals surface area contributed by atoms with Crippen molar-refractivity contribution in [3.63, 3.8) is 0 Å². The summed E-state index contributed by atoms with van der Waals surface area (Å²) >= 11 is 0. The summed E-state index contributed by atoms with van der Waals surface area (Å²) in [5, 5.41) is 26.8. The van der Waals surface area contributed by atoms with Crippen LogP contribution in [0.2, 0.25) is 0 Å². The van der Waals surface area contributed by atoms with Gasteiger partial charge in [-0.2, -0.15) is 0 Å². The van der Waals surface area contributed by atoms with Gasteiger partial charge in [0.1, 0.15) is 26.2 Å². The van der Waals surface area contributed by atoms with Crippen LogP contribution in [0.15, 0.2) is 0 Å². The van der Waals surface area contributed by atoms with Gasteiger partial charge in [-0.25, -0.2) is 0 Å². The molecule has 0 amide bonds. The number of rotatable bonds is 1. The van der Waals surface area contributed by atoms with Gasteiger partial charge in [-0.1, -0.05) is 0 Å². The van der Waals surface area contributed by atoms with Gasteiger partial charge in [0.2, 0.25) is 0 Å². The molecule has 1 rings (SSSR count). The van der Waals surface area contributed by atoms with Crippen molar-refractivity contribution in [3.05, 3.63) is 0 Å². The molecule has 0 unspecified atom stereocenters. The van der Waals surface area contributed by atoms with E-state index in [9.17, 15) is 0 Å². The Kier molecular flexibility index (Phi) is 2.30. The monoisotopic (exact) mass is 146 g/mol. The van der Waals surface area contributed by atoms with Crippen LogP contribution in [0.3, 0.4) is 0 Å². The fourth-order valence-electron chi connectivity index (χ4n) is 1.09. The predicted molar refractivity (Wildman–Crippen MR) is 36.3 cm³/mol. The molecule has 0 aliphatic carbocycles. The predicted octanol–water partition coefficient (Wildman–Crippen LogP) is -2.94. The highest BCUT2D eigenvalue weighted by Crippen LogP contribution is 2.18. The van der Waals surface area contributed by atoms with Crippen molar-refractivity contribution in [1.29, 1.82) is 0 Å². The third kappa shape index (κ3) is 1.18. The summed E-state index contributed by atoms with van der Waals surface area (Å²) in [6.45, 7) is -0.247. The van der Waals surface area contributed by atoms with Gasteiger partial charge < -0.3 is 20.1 Å². The van der Waals surface area contributed by atoms with Gasteiger partial charge in [0, 0.05) is 0 Å². The minimum atomic E-state index is -0.944. The van der Waals surface area contributed by atoms with Crippen LogP contribution >= 0.6 is 0 Å². The van der Waals surface area contributed by atoms with Gasteiger partial charge in [0.25, 0.3) is 0 Å². The zero-order valence-electron chi connectivity index (χ0n) is 5.77. The van der Waals surface area contributed by atoms with E-state index in [0.29, 0.717) is 0 Å². The molecule has 4 nitrogen and oxygen atoms in total. The lowest BCUT2D eigenvalue weighted by atomic mass is 9.93. The quantitative estimate of drug-likeness (QED) is 0.346. The second-order valence-corrected chi connectivity index (χ2v) is 2.54. The van der Waals surface area contributed by atoms with Crippen LogP contribution in [-0.4, -0.2) is 54.1 Å². The molecule has 0 spiro atoms. The second-order valence-electron chi connectivity index (χ2n) is 2.54. The SMILES string of the molecule is B[C@@H]1O[C@H](CO)[C@@H](O)[C@H]1O. The van der Waals surface area contributed by atoms with Gasteiger partial charge in [0.15, 0.2) is 0 Å². The van der Waals surface area contributed by atoms with Gasteiger partial charge in [-0.15, -0.1) is 0 Å². The molecule has 0 saturated carbocycles. The highest BCUT2D eigenvalue weighted by Gasteiger charge is 2.39. The Morgan fingerprint density at radius 2 is 1.90 bits per heavy atom. The number of aliphatic hydroxyl groups excluding tert-OH is 3. The second kappa shape index (κ2) is 2.88. The molecular formula is C5H11BO4. The Labute approximate surface area is 59.8 Å². The summed E-state index contributed by atoms with van der Waals surface area (Å²) in [4.78, 5) is 0. The van der Waals surface area contributed by atoms with E-state index in [1.54, 1.807) is 7.85 Å². The van der Waals surface area contributed by atoms with E-state index in [1.165, 1.54) is 0 Å². The molecule has 4 atom stereocenters. The van der Waals surface area contributed by atoms with Crippen molar-refractivity contribution in [2.75, 3.05) is 6.61 Å². The zero-order chi connectivity index (χ0) is 7.72. The van der Waals surface area contributed by atoms with E-state index in [-0.39, 0.29) is 12.6 Å². The molecular weight excluding hydrogens is 135 g/mol. The Bertz CT molecular complexity index is 120. The minimum absolute atomic E-state index is 0.247. The molecule has 0 bridgehead atoms. The van der Waals surface area contributed by atoms with Crippen LogP contribution < -0.4 is 0 Å². The molecule has 1 saturated heterocycles. The zero-order valence-corrected chi connectivity index (χ0v) is 5.77. The molecule has 1 heterocycles. The van der Waals surface area contributed by atoms with Crippen LogP contribution in [0.25, 0.3) is 0 Å².